The number of ether oxygens (including phenoxy) is 1. The maximum absolute atomic E-state index is 11.6. The summed E-state index contributed by atoms with van der Waals surface area (Å²) in [5.41, 5.74) is 0.831. The van der Waals surface area contributed by atoms with Gasteiger partial charge in [0.05, 0.1) is 22.7 Å². The molecule has 6 nitrogen and oxygen atoms in total. The van der Waals surface area contributed by atoms with Gasteiger partial charge in [0, 0.05) is 24.8 Å². The number of nitrogens with zero attached hydrogens (tertiary/aromatic N) is 2. The van der Waals surface area contributed by atoms with Gasteiger partial charge in [-0.05, 0) is 32.9 Å². The van der Waals surface area contributed by atoms with Gasteiger partial charge in [0.25, 0.3) is 5.69 Å². The van der Waals surface area contributed by atoms with Crippen LogP contribution in [0, 0.1) is 10.1 Å². The molecule has 20 heavy (non-hydrogen) atoms. The highest BCUT2D eigenvalue weighted by molar-refractivity contribution is 5.99. The van der Waals surface area contributed by atoms with Crippen LogP contribution in [0.15, 0.2) is 18.2 Å². The molecular formula is C14H18N2O4. The fourth-order valence-corrected chi connectivity index (χ4v) is 2.55. The van der Waals surface area contributed by atoms with Crippen molar-refractivity contribution in [1.29, 1.82) is 0 Å². The standard InChI is InChI=1S/C14H18N2O4/c1-9-7-15(8-10(2)20-9)12-4-5-14(16(18)19)13(6-12)11(3)17/h4-6,9-10H,7-8H2,1-3H3/t9-,10+. The molecule has 0 amide bonds. The van der Waals surface area contributed by atoms with E-state index in [1.165, 1.54) is 13.0 Å². The van der Waals surface area contributed by atoms with Crippen LogP contribution in [-0.2, 0) is 4.74 Å². The quantitative estimate of drug-likeness (QED) is 0.482. The summed E-state index contributed by atoms with van der Waals surface area (Å²) in [5.74, 6) is -0.298. The van der Waals surface area contributed by atoms with Crippen molar-refractivity contribution in [3.63, 3.8) is 0 Å². The van der Waals surface area contributed by atoms with Crippen molar-refractivity contribution in [3.8, 4) is 0 Å². The fraction of sp³-hybridized carbons (Fsp3) is 0.500. The van der Waals surface area contributed by atoms with Gasteiger partial charge in [0.2, 0.25) is 0 Å². The third-order valence-corrected chi connectivity index (χ3v) is 3.34. The van der Waals surface area contributed by atoms with Crippen molar-refractivity contribution in [2.75, 3.05) is 18.0 Å². The van der Waals surface area contributed by atoms with E-state index in [2.05, 4.69) is 4.90 Å². The van der Waals surface area contributed by atoms with Crippen LogP contribution in [0.3, 0.4) is 0 Å². The third kappa shape index (κ3) is 2.96. The first-order valence-corrected chi connectivity index (χ1v) is 6.58. The molecule has 2 atom stereocenters. The molecule has 1 aliphatic rings. The number of hydrogen-bond donors (Lipinski definition) is 0. The highest BCUT2D eigenvalue weighted by Gasteiger charge is 2.25. The Hall–Kier alpha value is -1.95. The topological polar surface area (TPSA) is 72.7 Å². The van der Waals surface area contributed by atoms with E-state index in [4.69, 9.17) is 4.74 Å². The van der Waals surface area contributed by atoms with Gasteiger partial charge in [-0.25, -0.2) is 0 Å². The summed E-state index contributed by atoms with van der Waals surface area (Å²) in [6, 6.07) is 4.69. The summed E-state index contributed by atoms with van der Waals surface area (Å²) < 4.78 is 5.66. The van der Waals surface area contributed by atoms with Crippen molar-refractivity contribution in [2.45, 2.75) is 33.0 Å². The highest BCUT2D eigenvalue weighted by atomic mass is 16.6. The molecule has 0 bridgehead atoms. The van der Waals surface area contributed by atoms with Gasteiger partial charge in [-0.2, -0.15) is 0 Å². The van der Waals surface area contributed by atoms with Gasteiger partial charge in [-0.15, -0.1) is 0 Å². The second-order valence-electron chi connectivity index (χ2n) is 5.18. The minimum absolute atomic E-state index is 0.0923. The Morgan fingerprint density at radius 1 is 1.35 bits per heavy atom. The number of anilines is 1. The highest BCUT2D eigenvalue weighted by Crippen LogP contribution is 2.27. The number of nitro groups is 1. The fourth-order valence-electron chi connectivity index (χ4n) is 2.55. The number of nitro benzene ring substituents is 1. The summed E-state index contributed by atoms with van der Waals surface area (Å²) in [4.78, 5) is 24.1. The van der Waals surface area contributed by atoms with Crippen LogP contribution in [0.1, 0.15) is 31.1 Å². The van der Waals surface area contributed by atoms with Crippen molar-refractivity contribution >= 4 is 17.2 Å². The number of benzene rings is 1. The molecule has 1 aromatic carbocycles. The molecule has 0 N–H and O–H groups in total. The Morgan fingerprint density at radius 3 is 2.45 bits per heavy atom. The van der Waals surface area contributed by atoms with Crippen LogP contribution < -0.4 is 4.90 Å². The maximum Gasteiger partial charge on any atom is 0.280 e. The molecule has 0 aromatic heterocycles. The first-order valence-electron chi connectivity index (χ1n) is 6.58. The van der Waals surface area contributed by atoms with E-state index in [9.17, 15) is 14.9 Å². The zero-order valence-electron chi connectivity index (χ0n) is 11.8. The van der Waals surface area contributed by atoms with Crippen molar-refractivity contribution in [3.05, 3.63) is 33.9 Å². The Morgan fingerprint density at radius 2 is 1.95 bits per heavy atom. The summed E-state index contributed by atoms with van der Waals surface area (Å²) >= 11 is 0. The van der Waals surface area contributed by atoms with Gasteiger partial charge in [0.1, 0.15) is 0 Å². The second-order valence-corrected chi connectivity index (χ2v) is 5.18. The molecule has 1 fully saturated rings. The van der Waals surface area contributed by atoms with E-state index in [0.717, 1.165) is 5.69 Å². The van der Waals surface area contributed by atoms with E-state index in [0.29, 0.717) is 13.1 Å². The first kappa shape index (κ1) is 14.5. The lowest BCUT2D eigenvalue weighted by molar-refractivity contribution is -0.385. The van der Waals surface area contributed by atoms with Crippen LogP contribution in [0.2, 0.25) is 0 Å². The van der Waals surface area contributed by atoms with Crippen LogP contribution >= 0.6 is 0 Å². The third-order valence-electron chi connectivity index (χ3n) is 3.34. The van der Waals surface area contributed by atoms with Crippen molar-refractivity contribution < 1.29 is 14.5 Å². The van der Waals surface area contributed by atoms with E-state index in [1.807, 2.05) is 13.8 Å². The smallest absolute Gasteiger partial charge is 0.280 e. The zero-order valence-corrected chi connectivity index (χ0v) is 11.8. The number of carbonyl (C=O) groups is 1. The summed E-state index contributed by atoms with van der Waals surface area (Å²) in [7, 11) is 0. The molecular weight excluding hydrogens is 260 g/mol. The summed E-state index contributed by atoms with van der Waals surface area (Å²) in [6.45, 7) is 6.73. The van der Waals surface area contributed by atoms with Crippen molar-refractivity contribution in [1.82, 2.24) is 0 Å². The minimum Gasteiger partial charge on any atom is -0.372 e. The lowest BCUT2D eigenvalue weighted by Crippen LogP contribution is -2.45. The average molecular weight is 278 g/mol. The molecule has 108 valence electrons. The van der Waals surface area contributed by atoms with Crippen LogP contribution in [0.4, 0.5) is 11.4 Å². The molecule has 1 aliphatic heterocycles. The molecule has 6 heteroatoms. The van der Waals surface area contributed by atoms with Gasteiger partial charge in [-0.3, -0.25) is 14.9 Å². The molecule has 0 unspecified atom stereocenters. The van der Waals surface area contributed by atoms with E-state index >= 15 is 0 Å². The van der Waals surface area contributed by atoms with Gasteiger partial charge >= 0.3 is 0 Å². The number of rotatable bonds is 3. The molecule has 0 aliphatic carbocycles. The Bertz CT molecular complexity index is 534. The van der Waals surface area contributed by atoms with Crippen LogP contribution in [-0.4, -0.2) is 36.0 Å². The Balaban J connectivity index is 2.36. The normalized spacial score (nSPS) is 22.6. The molecule has 2 rings (SSSR count). The number of ketones is 1. The summed E-state index contributed by atoms with van der Waals surface area (Å²) in [6.07, 6.45) is 0.185. The molecule has 0 spiro atoms. The predicted octanol–water partition coefficient (Wildman–Crippen LogP) is 2.41. The number of hydrogen-bond acceptors (Lipinski definition) is 5. The van der Waals surface area contributed by atoms with E-state index in [-0.39, 0.29) is 29.2 Å². The van der Waals surface area contributed by atoms with Gasteiger partial charge < -0.3 is 9.64 Å². The first-order chi connectivity index (χ1) is 9.38. The average Bonchev–Trinajstić information content (AvgIpc) is 2.36. The van der Waals surface area contributed by atoms with Gasteiger partial charge in [-0.1, -0.05) is 0 Å². The molecule has 1 aromatic rings. The summed E-state index contributed by atoms with van der Waals surface area (Å²) in [5, 5.41) is 10.9. The number of carbonyl (C=O) groups excluding carboxylic acids is 1. The van der Waals surface area contributed by atoms with Gasteiger partial charge in [0.15, 0.2) is 5.78 Å². The lowest BCUT2D eigenvalue weighted by atomic mass is 10.1. The predicted molar refractivity (Wildman–Crippen MR) is 75.3 cm³/mol. The van der Waals surface area contributed by atoms with E-state index in [1.54, 1.807) is 12.1 Å². The minimum atomic E-state index is -0.523. The lowest BCUT2D eigenvalue weighted by Gasteiger charge is -2.36. The Kier molecular flexibility index (Phi) is 4.04. The number of Topliss-reactive ketones (excluding diaryl/α,β-unsaturated/α-hetero) is 1. The Labute approximate surface area is 117 Å². The zero-order chi connectivity index (χ0) is 14.9. The monoisotopic (exact) mass is 278 g/mol. The second kappa shape index (κ2) is 5.58. The molecule has 0 radical (unpaired) electrons. The van der Waals surface area contributed by atoms with Crippen LogP contribution in [0.25, 0.3) is 0 Å². The number of morpholine rings is 1. The molecule has 0 saturated carbocycles. The largest absolute Gasteiger partial charge is 0.372 e. The maximum atomic E-state index is 11.6. The van der Waals surface area contributed by atoms with E-state index < -0.39 is 4.92 Å². The van der Waals surface area contributed by atoms with Crippen molar-refractivity contribution in [2.24, 2.45) is 0 Å². The SMILES string of the molecule is CC(=O)c1cc(N2C[C@@H](C)O[C@@H](C)C2)ccc1[N+](=O)[O-]. The van der Waals surface area contributed by atoms with Crippen LogP contribution in [0.5, 0.6) is 0 Å². The molecule has 1 heterocycles. The molecule has 1 saturated heterocycles.